The summed E-state index contributed by atoms with van der Waals surface area (Å²) in [5.41, 5.74) is 2.34. The molecule has 0 radical (unpaired) electrons. The molecule has 0 bridgehead atoms. The van der Waals surface area contributed by atoms with E-state index < -0.39 is 6.10 Å². The Kier molecular flexibility index (Phi) is 6.86. The van der Waals surface area contributed by atoms with Crippen LogP contribution in [0.15, 0.2) is 48.5 Å². The van der Waals surface area contributed by atoms with E-state index in [0.717, 1.165) is 48.2 Å². The minimum Gasteiger partial charge on any atom is -0.491 e. The zero-order chi connectivity index (χ0) is 20.1. The monoisotopic (exact) mass is 402 g/mol. The predicted octanol–water partition coefficient (Wildman–Crippen LogP) is 4.20. The molecule has 1 saturated heterocycles. The average molecular weight is 403 g/mol. The molecule has 0 amide bonds. The summed E-state index contributed by atoms with van der Waals surface area (Å²) in [4.78, 5) is 4.63. The molecule has 1 aliphatic rings. The first-order chi connectivity index (χ1) is 13.3. The summed E-state index contributed by atoms with van der Waals surface area (Å²) < 4.78 is 5.97. The van der Waals surface area contributed by atoms with Crippen molar-refractivity contribution in [2.45, 2.75) is 32.3 Å². The molecule has 1 N–H and O–H groups in total. The average Bonchev–Trinajstić information content (AvgIpc) is 2.66. The van der Waals surface area contributed by atoms with Gasteiger partial charge in [-0.3, -0.25) is 4.90 Å². The van der Waals surface area contributed by atoms with Gasteiger partial charge in [-0.05, 0) is 35.2 Å². The molecule has 1 heterocycles. The fraction of sp³-hybridized carbons (Fsp3) is 0.478. The van der Waals surface area contributed by atoms with Crippen LogP contribution in [0.25, 0.3) is 0 Å². The van der Waals surface area contributed by atoms with E-state index in [9.17, 15) is 5.11 Å². The lowest BCUT2D eigenvalue weighted by molar-refractivity contribution is 0.0656. The highest BCUT2D eigenvalue weighted by atomic mass is 35.5. The zero-order valence-electron chi connectivity index (χ0n) is 17.1. The summed E-state index contributed by atoms with van der Waals surface area (Å²) in [6.07, 6.45) is -0.509. The van der Waals surface area contributed by atoms with E-state index in [1.54, 1.807) is 0 Å². The quantitative estimate of drug-likeness (QED) is 0.785. The van der Waals surface area contributed by atoms with Crippen molar-refractivity contribution >= 4 is 17.3 Å². The molecule has 0 unspecified atom stereocenters. The van der Waals surface area contributed by atoms with Gasteiger partial charge in [0.25, 0.3) is 0 Å². The number of aliphatic hydroxyl groups is 1. The van der Waals surface area contributed by atoms with Gasteiger partial charge < -0.3 is 14.7 Å². The van der Waals surface area contributed by atoms with Gasteiger partial charge in [0.15, 0.2) is 0 Å². The van der Waals surface area contributed by atoms with E-state index >= 15 is 0 Å². The van der Waals surface area contributed by atoms with Gasteiger partial charge in [0.2, 0.25) is 0 Å². The number of benzene rings is 2. The van der Waals surface area contributed by atoms with Crippen molar-refractivity contribution in [3.8, 4) is 5.75 Å². The smallest absolute Gasteiger partial charge is 0.123 e. The number of ether oxygens (including phenoxy) is 1. The molecule has 4 nitrogen and oxygen atoms in total. The number of anilines is 1. The number of hydrogen-bond donors (Lipinski definition) is 1. The minimum atomic E-state index is -0.509. The molecule has 0 aromatic heterocycles. The Morgan fingerprint density at radius 1 is 1.04 bits per heavy atom. The Morgan fingerprint density at radius 3 is 2.43 bits per heavy atom. The van der Waals surface area contributed by atoms with Crippen molar-refractivity contribution < 1.29 is 9.84 Å². The van der Waals surface area contributed by atoms with Crippen LogP contribution >= 0.6 is 11.6 Å². The van der Waals surface area contributed by atoms with E-state index in [2.05, 4.69) is 42.7 Å². The van der Waals surface area contributed by atoms with Crippen LogP contribution in [0.2, 0.25) is 5.02 Å². The van der Waals surface area contributed by atoms with E-state index in [1.165, 1.54) is 0 Å². The standard InChI is InChI=1S/C23H31ClN2O2/c1-23(2,3)21-9-4-5-10-22(21)28-17-20(27)16-25-11-13-26(14-12-25)19-8-6-7-18(24)15-19/h4-10,15,20,27H,11-14,16-17H2,1-3H3/t20-/m0/s1. The highest BCUT2D eigenvalue weighted by Gasteiger charge is 2.22. The zero-order valence-corrected chi connectivity index (χ0v) is 17.8. The Hall–Kier alpha value is -1.75. The lowest BCUT2D eigenvalue weighted by Crippen LogP contribution is -2.49. The fourth-order valence-corrected chi connectivity index (χ4v) is 3.79. The van der Waals surface area contributed by atoms with Crippen LogP contribution < -0.4 is 9.64 Å². The predicted molar refractivity (Wildman–Crippen MR) is 117 cm³/mol. The summed E-state index contributed by atoms with van der Waals surface area (Å²) in [6, 6.07) is 16.1. The third-order valence-corrected chi connectivity index (χ3v) is 5.38. The van der Waals surface area contributed by atoms with Crippen LogP contribution in [0.4, 0.5) is 5.69 Å². The fourth-order valence-electron chi connectivity index (χ4n) is 3.61. The van der Waals surface area contributed by atoms with Crippen molar-refractivity contribution in [3.63, 3.8) is 0 Å². The molecule has 152 valence electrons. The second-order valence-electron chi connectivity index (χ2n) is 8.48. The topological polar surface area (TPSA) is 35.9 Å². The second kappa shape index (κ2) is 9.17. The molecular weight excluding hydrogens is 372 g/mol. The lowest BCUT2D eigenvalue weighted by atomic mass is 9.86. The van der Waals surface area contributed by atoms with Gasteiger partial charge in [-0.2, -0.15) is 0 Å². The molecule has 1 fully saturated rings. The van der Waals surface area contributed by atoms with Crippen molar-refractivity contribution in [2.24, 2.45) is 0 Å². The van der Waals surface area contributed by atoms with Gasteiger partial charge in [0, 0.05) is 43.4 Å². The molecule has 1 aliphatic heterocycles. The number of halogens is 1. The first kappa shape index (κ1) is 21.0. The Bertz CT molecular complexity index is 767. The van der Waals surface area contributed by atoms with Crippen LogP contribution in [0, 0.1) is 0 Å². The number of rotatable bonds is 6. The van der Waals surface area contributed by atoms with Gasteiger partial charge in [-0.25, -0.2) is 0 Å². The van der Waals surface area contributed by atoms with E-state index in [1.807, 2.05) is 36.4 Å². The summed E-state index contributed by atoms with van der Waals surface area (Å²) in [7, 11) is 0. The summed E-state index contributed by atoms with van der Waals surface area (Å²) in [5.74, 6) is 0.861. The number of aliphatic hydroxyl groups excluding tert-OH is 1. The number of nitrogens with zero attached hydrogens (tertiary/aromatic N) is 2. The van der Waals surface area contributed by atoms with E-state index in [0.29, 0.717) is 13.2 Å². The first-order valence-corrected chi connectivity index (χ1v) is 10.3. The molecule has 1 atom stereocenters. The van der Waals surface area contributed by atoms with E-state index in [-0.39, 0.29) is 5.41 Å². The van der Waals surface area contributed by atoms with Gasteiger partial charge >= 0.3 is 0 Å². The second-order valence-corrected chi connectivity index (χ2v) is 8.91. The van der Waals surface area contributed by atoms with Crippen LogP contribution in [0.3, 0.4) is 0 Å². The van der Waals surface area contributed by atoms with Crippen LogP contribution in [-0.2, 0) is 5.41 Å². The molecule has 2 aromatic rings. The summed E-state index contributed by atoms with van der Waals surface area (Å²) in [5, 5.41) is 11.2. The van der Waals surface area contributed by atoms with Crippen molar-refractivity contribution in [1.29, 1.82) is 0 Å². The lowest BCUT2D eigenvalue weighted by Gasteiger charge is -2.37. The molecule has 5 heteroatoms. The highest BCUT2D eigenvalue weighted by molar-refractivity contribution is 6.30. The van der Waals surface area contributed by atoms with Gasteiger partial charge in [0.05, 0.1) is 0 Å². The Balaban J connectivity index is 1.47. The molecule has 0 saturated carbocycles. The molecule has 28 heavy (non-hydrogen) atoms. The maximum atomic E-state index is 10.5. The maximum Gasteiger partial charge on any atom is 0.123 e. The van der Waals surface area contributed by atoms with Gasteiger partial charge in [-0.1, -0.05) is 56.6 Å². The molecule has 0 spiro atoms. The minimum absolute atomic E-state index is 0.0121. The van der Waals surface area contributed by atoms with Crippen LogP contribution in [0.1, 0.15) is 26.3 Å². The number of β-amino-alcohol motifs (C(OH)–C–C–N with tert-alkyl or cyclic N) is 1. The first-order valence-electron chi connectivity index (χ1n) is 9.96. The molecule has 3 rings (SSSR count). The SMILES string of the molecule is CC(C)(C)c1ccccc1OC[C@@H](O)CN1CCN(c2cccc(Cl)c2)CC1. The van der Waals surface area contributed by atoms with Crippen molar-refractivity contribution in [2.75, 3.05) is 44.2 Å². The highest BCUT2D eigenvalue weighted by Crippen LogP contribution is 2.31. The van der Waals surface area contributed by atoms with Crippen LogP contribution in [0.5, 0.6) is 5.75 Å². The van der Waals surface area contributed by atoms with Gasteiger partial charge in [-0.15, -0.1) is 0 Å². The number of piperazine rings is 1. The molecular formula is C23H31ClN2O2. The van der Waals surface area contributed by atoms with Crippen LogP contribution in [-0.4, -0.2) is 55.4 Å². The van der Waals surface area contributed by atoms with Gasteiger partial charge in [0.1, 0.15) is 18.5 Å². The summed E-state index contributed by atoms with van der Waals surface area (Å²) >= 11 is 6.10. The maximum absolute atomic E-state index is 10.5. The molecule has 2 aromatic carbocycles. The normalized spacial score (nSPS) is 16.8. The van der Waals surface area contributed by atoms with E-state index in [4.69, 9.17) is 16.3 Å². The Morgan fingerprint density at radius 2 is 1.75 bits per heavy atom. The third kappa shape index (κ3) is 5.63. The van der Waals surface area contributed by atoms with Crippen molar-refractivity contribution in [3.05, 3.63) is 59.1 Å². The number of para-hydroxylation sites is 1. The summed E-state index contributed by atoms with van der Waals surface area (Å²) in [6.45, 7) is 11.1. The van der Waals surface area contributed by atoms with Crippen molar-refractivity contribution in [1.82, 2.24) is 4.90 Å². The number of hydrogen-bond acceptors (Lipinski definition) is 4. The largest absolute Gasteiger partial charge is 0.491 e. The third-order valence-electron chi connectivity index (χ3n) is 5.14. The molecule has 0 aliphatic carbocycles. The Labute approximate surface area is 173 Å².